The van der Waals surface area contributed by atoms with Gasteiger partial charge in [-0.25, -0.2) is 4.79 Å². The lowest BCUT2D eigenvalue weighted by Gasteiger charge is -2.45. The summed E-state index contributed by atoms with van der Waals surface area (Å²) in [6.45, 7) is 12.7. The summed E-state index contributed by atoms with van der Waals surface area (Å²) in [5, 5.41) is 1.90. The van der Waals surface area contributed by atoms with Gasteiger partial charge in [-0.3, -0.25) is 0 Å². The molecular weight excluding hydrogens is 631 g/mol. The van der Waals surface area contributed by atoms with Gasteiger partial charge in [-0.1, -0.05) is 93.6 Å². The second-order valence-corrected chi connectivity index (χ2v) is 20.7. The SMILES string of the molecule is COc1ccc(CN([C@@H]2CCN(C(=O)OC(C)(C)C)[C@@H]2CO[Si](c2ccccc2)(c2ccccc2)C(C)(C)C)S(=O)(=O)N(C)C)cc1. The molecule has 0 N–H and O–H groups in total. The van der Waals surface area contributed by atoms with Crippen LogP contribution in [0.2, 0.25) is 5.04 Å². The number of methoxy groups -OCH3 is 1. The van der Waals surface area contributed by atoms with E-state index >= 15 is 0 Å². The van der Waals surface area contributed by atoms with Crippen molar-refractivity contribution in [3.63, 3.8) is 0 Å². The third-order valence-electron chi connectivity index (χ3n) is 8.65. The van der Waals surface area contributed by atoms with Crippen LogP contribution in [0, 0.1) is 0 Å². The van der Waals surface area contributed by atoms with Crippen molar-refractivity contribution in [3.8, 4) is 5.75 Å². The first-order chi connectivity index (χ1) is 22.0. The van der Waals surface area contributed by atoms with E-state index in [-0.39, 0.29) is 18.2 Å². The van der Waals surface area contributed by atoms with Crippen LogP contribution < -0.4 is 15.1 Å². The van der Waals surface area contributed by atoms with E-state index in [1.54, 1.807) is 12.0 Å². The van der Waals surface area contributed by atoms with Crippen LogP contribution in [0.15, 0.2) is 84.9 Å². The summed E-state index contributed by atoms with van der Waals surface area (Å²) in [6.07, 6.45) is -0.0558. The van der Waals surface area contributed by atoms with Gasteiger partial charge in [0.25, 0.3) is 18.5 Å². The Labute approximate surface area is 282 Å². The lowest BCUT2D eigenvalue weighted by Crippen LogP contribution is -2.68. The van der Waals surface area contributed by atoms with Crippen LogP contribution in [0.25, 0.3) is 0 Å². The van der Waals surface area contributed by atoms with Crippen LogP contribution in [0.3, 0.4) is 0 Å². The Kier molecular flexibility index (Phi) is 11.3. The predicted octanol–water partition coefficient (Wildman–Crippen LogP) is 5.26. The Bertz CT molecular complexity index is 1530. The molecule has 0 bridgehead atoms. The molecule has 1 amide bonds. The average Bonchev–Trinajstić information content (AvgIpc) is 3.43. The number of amides is 1. The summed E-state index contributed by atoms with van der Waals surface area (Å²) >= 11 is 0. The number of benzene rings is 3. The lowest BCUT2D eigenvalue weighted by molar-refractivity contribution is 0.0146. The third-order valence-corrected chi connectivity index (χ3v) is 15.6. The van der Waals surface area contributed by atoms with E-state index in [4.69, 9.17) is 13.9 Å². The van der Waals surface area contributed by atoms with Crippen LogP contribution in [-0.4, -0.2) is 88.4 Å². The van der Waals surface area contributed by atoms with Crippen molar-refractivity contribution < 1.29 is 27.1 Å². The molecule has 0 radical (unpaired) electrons. The Morgan fingerprint density at radius 3 is 1.85 bits per heavy atom. The van der Waals surface area contributed by atoms with Gasteiger partial charge in [0.05, 0.1) is 25.8 Å². The molecule has 1 heterocycles. The largest absolute Gasteiger partial charge is 0.497 e. The second kappa shape index (κ2) is 14.5. The molecule has 9 nitrogen and oxygen atoms in total. The molecule has 0 aliphatic carbocycles. The minimum absolute atomic E-state index is 0.118. The molecule has 1 fully saturated rings. The van der Waals surface area contributed by atoms with E-state index in [1.807, 2.05) is 81.4 Å². The van der Waals surface area contributed by atoms with Crippen molar-refractivity contribution in [1.29, 1.82) is 0 Å². The van der Waals surface area contributed by atoms with Crippen LogP contribution in [0.1, 0.15) is 53.5 Å². The van der Waals surface area contributed by atoms with Gasteiger partial charge in [0.2, 0.25) is 0 Å². The van der Waals surface area contributed by atoms with Crippen molar-refractivity contribution in [2.75, 3.05) is 34.4 Å². The maximum absolute atomic E-state index is 14.1. The van der Waals surface area contributed by atoms with Gasteiger partial charge >= 0.3 is 6.09 Å². The zero-order chi connectivity index (χ0) is 34.6. The van der Waals surface area contributed by atoms with Gasteiger partial charge in [-0.2, -0.15) is 17.0 Å². The average molecular weight is 682 g/mol. The fraction of sp³-hybridized carbons (Fsp3) is 0.472. The second-order valence-electron chi connectivity index (χ2n) is 14.3. The number of likely N-dealkylation sites (tertiary alicyclic amines) is 1. The molecule has 4 rings (SSSR count). The highest BCUT2D eigenvalue weighted by Crippen LogP contribution is 2.38. The number of nitrogens with zero attached hydrogens (tertiary/aromatic N) is 3. The number of carbonyl (C=O) groups excluding carboxylic acids is 1. The molecule has 1 aliphatic rings. The molecule has 1 saturated heterocycles. The standard InChI is InChI=1S/C36H51N3O6SSi/c1-35(2,3)45-34(40)38-25-24-32(39(46(41,42)37(7)8)26-28-20-22-29(43-9)23-21-28)33(38)27-44-47(36(4,5)6,30-16-12-10-13-17-30)31-18-14-11-15-19-31/h10-23,32-33H,24-27H2,1-9H3/t32-,33-/m1/s1. The Morgan fingerprint density at radius 2 is 1.40 bits per heavy atom. The van der Waals surface area contributed by atoms with Gasteiger partial charge in [0.1, 0.15) is 11.4 Å². The predicted molar refractivity (Wildman–Crippen MR) is 190 cm³/mol. The monoisotopic (exact) mass is 681 g/mol. The summed E-state index contributed by atoms with van der Waals surface area (Å²) in [7, 11) is -2.28. The lowest BCUT2D eigenvalue weighted by atomic mass is 10.1. The number of hydrogen-bond donors (Lipinski definition) is 0. The van der Waals surface area contributed by atoms with Crippen LogP contribution >= 0.6 is 0 Å². The Morgan fingerprint density at radius 1 is 0.872 bits per heavy atom. The number of carbonyl (C=O) groups is 1. The topological polar surface area (TPSA) is 88.6 Å². The minimum Gasteiger partial charge on any atom is -0.497 e. The first-order valence-electron chi connectivity index (χ1n) is 16.1. The highest BCUT2D eigenvalue weighted by atomic mass is 32.2. The highest BCUT2D eigenvalue weighted by Gasteiger charge is 2.53. The molecule has 2 atom stereocenters. The van der Waals surface area contributed by atoms with Gasteiger partial charge in [0, 0.05) is 27.2 Å². The summed E-state index contributed by atoms with van der Waals surface area (Å²) in [4.78, 5) is 15.4. The van der Waals surface area contributed by atoms with Gasteiger partial charge < -0.3 is 18.8 Å². The Balaban J connectivity index is 1.83. The first-order valence-corrected chi connectivity index (χ1v) is 19.4. The van der Waals surface area contributed by atoms with E-state index in [9.17, 15) is 13.2 Å². The van der Waals surface area contributed by atoms with E-state index in [0.717, 1.165) is 15.9 Å². The van der Waals surface area contributed by atoms with Crippen molar-refractivity contribution in [2.24, 2.45) is 0 Å². The molecule has 0 spiro atoms. The summed E-state index contributed by atoms with van der Waals surface area (Å²) in [5.74, 6) is 0.685. The fourth-order valence-electron chi connectivity index (χ4n) is 6.38. The molecule has 11 heteroatoms. The normalized spacial score (nSPS) is 17.7. The summed E-state index contributed by atoms with van der Waals surface area (Å²) in [5.41, 5.74) is 0.0791. The number of hydrogen-bond acceptors (Lipinski definition) is 6. The van der Waals surface area contributed by atoms with Crippen LogP contribution in [-0.2, 0) is 25.9 Å². The molecule has 0 unspecified atom stereocenters. The third kappa shape index (κ3) is 8.09. The number of rotatable bonds is 11. The smallest absolute Gasteiger partial charge is 0.410 e. The molecule has 256 valence electrons. The molecular formula is C36H51N3O6SSi. The van der Waals surface area contributed by atoms with Gasteiger partial charge in [-0.05, 0) is 60.3 Å². The van der Waals surface area contributed by atoms with E-state index in [0.29, 0.717) is 18.7 Å². The summed E-state index contributed by atoms with van der Waals surface area (Å²) in [6, 6.07) is 26.8. The van der Waals surface area contributed by atoms with Crippen molar-refractivity contribution in [3.05, 3.63) is 90.5 Å². The molecule has 3 aromatic rings. The molecule has 0 saturated carbocycles. The van der Waals surface area contributed by atoms with Crippen molar-refractivity contribution in [1.82, 2.24) is 13.5 Å². The molecule has 47 heavy (non-hydrogen) atoms. The molecule has 3 aromatic carbocycles. The molecule has 1 aliphatic heterocycles. The zero-order valence-electron chi connectivity index (χ0n) is 29.3. The van der Waals surface area contributed by atoms with E-state index in [2.05, 4.69) is 45.0 Å². The Hall–Kier alpha value is -3.22. The van der Waals surface area contributed by atoms with Crippen molar-refractivity contribution >= 4 is 35.0 Å². The van der Waals surface area contributed by atoms with Crippen LogP contribution in [0.5, 0.6) is 5.75 Å². The van der Waals surface area contributed by atoms with Gasteiger partial charge in [0.15, 0.2) is 0 Å². The molecule has 0 aromatic heterocycles. The number of ether oxygens (including phenoxy) is 2. The maximum Gasteiger partial charge on any atom is 0.410 e. The summed E-state index contributed by atoms with van der Waals surface area (Å²) < 4.78 is 49.4. The van der Waals surface area contributed by atoms with Gasteiger partial charge in [-0.15, -0.1) is 0 Å². The minimum atomic E-state index is -3.93. The quantitative estimate of drug-likeness (QED) is 0.257. The highest BCUT2D eigenvalue weighted by molar-refractivity contribution is 7.86. The first kappa shape index (κ1) is 36.6. The van der Waals surface area contributed by atoms with E-state index in [1.165, 1.54) is 22.7 Å². The van der Waals surface area contributed by atoms with E-state index < -0.39 is 42.3 Å². The maximum atomic E-state index is 14.1. The zero-order valence-corrected chi connectivity index (χ0v) is 31.1. The van der Waals surface area contributed by atoms with Crippen LogP contribution in [0.4, 0.5) is 4.79 Å². The fourth-order valence-corrected chi connectivity index (χ4v) is 12.3. The van der Waals surface area contributed by atoms with Crippen molar-refractivity contribution in [2.45, 2.75) is 77.2 Å².